The Hall–Kier alpha value is -2.14. The third-order valence-electron chi connectivity index (χ3n) is 2.94. The molecule has 0 spiro atoms. The third kappa shape index (κ3) is 4.70. The fourth-order valence-electron chi connectivity index (χ4n) is 1.89. The van der Waals surface area contributed by atoms with Gasteiger partial charge in [0.05, 0.1) is 16.5 Å². The lowest BCUT2D eigenvalue weighted by molar-refractivity contribution is 0.0378. The number of nitrogens with one attached hydrogen (secondary N) is 1. The molecule has 0 saturated heterocycles. The van der Waals surface area contributed by atoms with E-state index in [2.05, 4.69) is 5.32 Å². The number of carbonyl (C=O) groups excluding carboxylic acids is 2. The van der Waals surface area contributed by atoms with Crippen LogP contribution in [0.1, 0.15) is 40.3 Å². The average Bonchev–Trinajstić information content (AvgIpc) is 3.01. The Kier molecular flexibility index (Phi) is 5.72. The molecular weight excluding hydrogens is 298 g/mol. The maximum atomic E-state index is 11.9. The minimum atomic E-state index is -0.325. The molecule has 2 aromatic rings. The van der Waals surface area contributed by atoms with Gasteiger partial charge in [-0.1, -0.05) is 6.07 Å². The van der Waals surface area contributed by atoms with Crippen molar-refractivity contribution in [3.63, 3.8) is 0 Å². The van der Waals surface area contributed by atoms with Gasteiger partial charge in [0.15, 0.2) is 5.78 Å². The van der Waals surface area contributed by atoms with Crippen LogP contribution in [0, 0.1) is 0 Å². The molecule has 1 N–H and O–H groups in total. The van der Waals surface area contributed by atoms with Crippen LogP contribution in [0.3, 0.4) is 0 Å². The van der Waals surface area contributed by atoms with Crippen LogP contribution in [0.15, 0.2) is 41.8 Å². The van der Waals surface area contributed by atoms with Gasteiger partial charge in [0.1, 0.15) is 0 Å². The molecule has 1 aromatic heterocycles. The Morgan fingerprint density at radius 3 is 2.50 bits per heavy atom. The van der Waals surface area contributed by atoms with Crippen molar-refractivity contribution in [1.82, 2.24) is 0 Å². The second-order valence-corrected chi connectivity index (χ2v) is 6.06. The zero-order chi connectivity index (χ0) is 15.9. The van der Waals surface area contributed by atoms with Crippen molar-refractivity contribution in [2.24, 2.45) is 0 Å². The topological polar surface area (TPSA) is 55.4 Å². The van der Waals surface area contributed by atoms with Crippen LogP contribution in [0.5, 0.6) is 0 Å². The SMILES string of the molecule is CC(C)OC(=O)c1ccc(NCCC(=O)c2cccs2)cc1. The number of Topliss-reactive ketones (excluding diaryl/α,β-unsaturated/α-hetero) is 1. The molecule has 0 saturated carbocycles. The van der Waals surface area contributed by atoms with Crippen molar-refractivity contribution in [1.29, 1.82) is 0 Å². The van der Waals surface area contributed by atoms with Gasteiger partial charge in [-0.2, -0.15) is 0 Å². The Morgan fingerprint density at radius 2 is 1.91 bits per heavy atom. The third-order valence-corrected chi connectivity index (χ3v) is 3.85. The quantitative estimate of drug-likeness (QED) is 0.619. The van der Waals surface area contributed by atoms with Crippen LogP contribution < -0.4 is 5.32 Å². The molecule has 0 aliphatic carbocycles. The Balaban J connectivity index is 1.81. The number of anilines is 1. The molecule has 116 valence electrons. The summed E-state index contributed by atoms with van der Waals surface area (Å²) in [6.45, 7) is 4.20. The van der Waals surface area contributed by atoms with Crippen LogP contribution in [0.2, 0.25) is 0 Å². The van der Waals surface area contributed by atoms with Crippen LogP contribution in [0.4, 0.5) is 5.69 Å². The van der Waals surface area contributed by atoms with Crippen LogP contribution in [-0.4, -0.2) is 24.4 Å². The normalized spacial score (nSPS) is 10.5. The van der Waals surface area contributed by atoms with E-state index in [-0.39, 0.29) is 17.9 Å². The van der Waals surface area contributed by atoms with Gasteiger partial charge < -0.3 is 10.1 Å². The molecule has 2 rings (SSSR count). The van der Waals surface area contributed by atoms with E-state index in [1.165, 1.54) is 11.3 Å². The Bertz CT molecular complexity index is 618. The predicted octanol–water partition coefficient (Wildman–Crippen LogP) is 4.00. The lowest BCUT2D eigenvalue weighted by Gasteiger charge is -2.09. The van der Waals surface area contributed by atoms with E-state index < -0.39 is 0 Å². The summed E-state index contributed by atoms with van der Waals surface area (Å²) in [6, 6.07) is 10.8. The molecular formula is C17H19NO3S. The van der Waals surface area contributed by atoms with Crippen molar-refractivity contribution in [3.8, 4) is 0 Å². The van der Waals surface area contributed by atoms with E-state index in [9.17, 15) is 9.59 Å². The highest BCUT2D eigenvalue weighted by Crippen LogP contribution is 2.13. The molecule has 0 radical (unpaired) electrons. The number of carbonyl (C=O) groups is 2. The van der Waals surface area contributed by atoms with Crippen LogP contribution in [0.25, 0.3) is 0 Å². The molecule has 1 aromatic carbocycles. The second kappa shape index (κ2) is 7.75. The molecule has 0 aliphatic rings. The lowest BCUT2D eigenvalue weighted by Crippen LogP contribution is -2.12. The average molecular weight is 317 g/mol. The number of rotatable bonds is 7. The van der Waals surface area contributed by atoms with E-state index >= 15 is 0 Å². The second-order valence-electron chi connectivity index (χ2n) is 5.11. The first-order chi connectivity index (χ1) is 10.6. The fourth-order valence-corrected chi connectivity index (χ4v) is 2.58. The zero-order valence-corrected chi connectivity index (χ0v) is 13.5. The van der Waals surface area contributed by atoms with Crippen molar-refractivity contribution in [2.45, 2.75) is 26.4 Å². The molecule has 0 amide bonds. The van der Waals surface area contributed by atoms with E-state index in [1.807, 2.05) is 43.5 Å². The first-order valence-corrected chi connectivity index (χ1v) is 8.06. The van der Waals surface area contributed by atoms with Gasteiger partial charge in [-0.25, -0.2) is 4.79 Å². The number of ether oxygens (including phenoxy) is 1. The summed E-state index contributed by atoms with van der Waals surface area (Å²) in [6.07, 6.45) is 0.311. The number of ketones is 1. The van der Waals surface area contributed by atoms with Gasteiger partial charge in [0, 0.05) is 18.7 Å². The Morgan fingerprint density at radius 1 is 1.18 bits per heavy atom. The molecule has 0 fully saturated rings. The minimum absolute atomic E-state index is 0.131. The van der Waals surface area contributed by atoms with E-state index in [4.69, 9.17) is 4.74 Å². The van der Waals surface area contributed by atoms with Crippen LogP contribution >= 0.6 is 11.3 Å². The lowest BCUT2D eigenvalue weighted by atomic mass is 10.2. The summed E-state index contributed by atoms with van der Waals surface area (Å²) < 4.78 is 5.13. The van der Waals surface area contributed by atoms with E-state index in [0.717, 1.165) is 10.6 Å². The molecule has 1 heterocycles. The highest BCUT2D eigenvalue weighted by molar-refractivity contribution is 7.12. The van der Waals surface area contributed by atoms with Gasteiger partial charge >= 0.3 is 5.97 Å². The number of benzene rings is 1. The molecule has 0 unspecified atom stereocenters. The van der Waals surface area contributed by atoms with Gasteiger partial charge in [-0.3, -0.25) is 4.79 Å². The van der Waals surface area contributed by atoms with Gasteiger partial charge in [-0.05, 0) is 49.6 Å². The summed E-state index contributed by atoms with van der Waals surface area (Å²) in [5.74, 6) is -0.186. The smallest absolute Gasteiger partial charge is 0.338 e. The summed E-state index contributed by atoms with van der Waals surface area (Å²) in [5.41, 5.74) is 1.40. The molecule has 0 aliphatic heterocycles. The molecule has 22 heavy (non-hydrogen) atoms. The molecule has 4 nitrogen and oxygen atoms in total. The maximum Gasteiger partial charge on any atom is 0.338 e. The first-order valence-electron chi connectivity index (χ1n) is 7.18. The van der Waals surface area contributed by atoms with Crippen molar-refractivity contribution >= 4 is 28.8 Å². The predicted molar refractivity (Wildman–Crippen MR) is 88.7 cm³/mol. The van der Waals surface area contributed by atoms with E-state index in [0.29, 0.717) is 18.5 Å². The van der Waals surface area contributed by atoms with Crippen molar-refractivity contribution in [3.05, 3.63) is 52.2 Å². The van der Waals surface area contributed by atoms with Gasteiger partial charge in [0.2, 0.25) is 0 Å². The highest BCUT2D eigenvalue weighted by atomic mass is 32.1. The number of hydrogen-bond acceptors (Lipinski definition) is 5. The summed E-state index contributed by atoms with van der Waals surface area (Å²) >= 11 is 1.46. The number of esters is 1. The largest absolute Gasteiger partial charge is 0.459 e. The number of thiophene rings is 1. The molecule has 0 atom stereocenters. The molecule has 0 bridgehead atoms. The summed E-state index contributed by atoms with van der Waals surface area (Å²) in [7, 11) is 0. The minimum Gasteiger partial charge on any atom is -0.459 e. The fraction of sp³-hybridized carbons (Fsp3) is 0.294. The van der Waals surface area contributed by atoms with Crippen LogP contribution in [-0.2, 0) is 4.74 Å². The zero-order valence-electron chi connectivity index (χ0n) is 12.7. The molecule has 5 heteroatoms. The first kappa shape index (κ1) is 16.2. The summed E-state index contributed by atoms with van der Waals surface area (Å²) in [4.78, 5) is 24.4. The highest BCUT2D eigenvalue weighted by Gasteiger charge is 2.09. The van der Waals surface area contributed by atoms with Gasteiger partial charge in [-0.15, -0.1) is 11.3 Å². The van der Waals surface area contributed by atoms with Crippen molar-refractivity contribution < 1.29 is 14.3 Å². The summed E-state index contributed by atoms with van der Waals surface area (Å²) in [5, 5.41) is 5.07. The maximum absolute atomic E-state index is 11.9. The van der Waals surface area contributed by atoms with Crippen molar-refractivity contribution in [2.75, 3.05) is 11.9 Å². The monoisotopic (exact) mass is 317 g/mol. The Labute approximate surface area is 134 Å². The standard InChI is InChI=1S/C17H19NO3S/c1-12(2)21-17(20)13-5-7-14(8-6-13)18-10-9-15(19)16-4-3-11-22-16/h3-8,11-12,18H,9-10H2,1-2H3. The van der Waals surface area contributed by atoms with E-state index in [1.54, 1.807) is 12.1 Å². The van der Waals surface area contributed by atoms with Gasteiger partial charge in [0.25, 0.3) is 0 Å². The number of hydrogen-bond donors (Lipinski definition) is 1.